The first-order valence-corrected chi connectivity index (χ1v) is 7.44. The summed E-state index contributed by atoms with van der Waals surface area (Å²) in [5.74, 6) is -1.13. The fourth-order valence-corrected chi connectivity index (χ4v) is 2.55. The van der Waals surface area contributed by atoms with Gasteiger partial charge in [-0.25, -0.2) is 8.78 Å². The van der Waals surface area contributed by atoms with Gasteiger partial charge in [0.1, 0.15) is 16.6 Å². The third-order valence-corrected chi connectivity index (χ3v) is 3.80. The van der Waals surface area contributed by atoms with Gasteiger partial charge in [0.25, 0.3) is 0 Å². The molecule has 0 aliphatic carbocycles. The maximum Gasteiger partial charge on any atom is 0.126 e. The van der Waals surface area contributed by atoms with E-state index in [0.29, 0.717) is 23.5 Å². The van der Waals surface area contributed by atoms with Gasteiger partial charge in [-0.15, -0.1) is 0 Å². The number of rotatable bonds is 5. The van der Waals surface area contributed by atoms with Gasteiger partial charge in [-0.1, -0.05) is 12.2 Å². The van der Waals surface area contributed by atoms with E-state index >= 15 is 0 Å². The van der Waals surface area contributed by atoms with Gasteiger partial charge in [-0.3, -0.25) is 0 Å². The SMILES string of the molecule is NC(=S)c1ccc(NCCc2cc(F)cc(F)c2)c(Br)c1. The summed E-state index contributed by atoms with van der Waals surface area (Å²) < 4.78 is 27.0. The standard InChI is InChI=1S/C15H13BrF2N2S/c16-13-7-10(15(19)21)1-2-14(13)20-4-3-9-5-11(17)8-12(18)6-9/h1-2,5-8,20H,3-4H2,(H2,19,21). The molecule has 0 fully saturated rings. The molecule has 0 saturated carbocycles. The lowest BCUT2D eigenvalue weighted by Gasteiger charge is -2.10. The Morgan fingerprint density at radius 1 is 1.14 bits per heavy atom. The van der Waals surface area contributed by atoms with Gasteiger partial charge in [-0.05, 0) is 58.2 Å². The van der Waals surface area contributed by atoms with Crippen LogP contribution in [0.1, 0.15) is 11.1 Å². The minimum atomic E-state index is -0.563. The first kappa shape index (κ1) is 15.9. The van der Waals surface area contributed by atoms with Crippen LogP contribution in [0.25, 0.3) is 0 Å². The molecule has 0 amide bonds. The fraction of sp³-hybridized carbons (Fsp3) is 0.133. The number of halogens is 3. The van der Waals surface area contributed by atoms with Crippen molar-refractivity contribution in [3.05, 3.63) is 63.6 Å². The van der Waals surface area contributed by atoms with E-state index in [0.717, 1.165) is 21.8 Å². The van der Waals surface area contributed by atoms with Crippen LogP contribution in [0.5, 0.6) is 0 Å². The van der Waals surface area contributed by atoms with Crippen molar-refractivity contribution in [3.63, 3.8) is 0 Å². The molecule has 0 aromatic heterocycles. The average molecular weight is 371 g/mol. The summed E-state index contributed by atoms with van der Waals surface area (Å²) in [6.07, 6.45) is 0.512. The lowest BCUT2D eigenvalue weighted by Crippen LogP contribution is -2.10. The molecule has 0 atom stereocenters. The number of benzene rings is 2. The second-order valence-electron chi connectivity index (χ2n) is 4.51. The number of thiocarbonyl (C=S) groups is 1. The Hall–Kier alpha value is -1.53. The highest BCUT2D eigenvalue weighted by Gasteiger charge is 2.04. The molecule has 0 radical (unpaired) electrons. The first-order chi connectivity index (χ1) is 9.95. The highest BCUT2D eigenvalue weighted by molar-refractivity contribution is 9.10. The highest BCUT2D eigenvalue weighted by atomic mass is 79.9. The van der Waals surface area contributed by atoms with E-state index in [1.807, 2.05) is 18.2 Å². The number of nitrogens with two attached hydrogens (primary N) is 1. The molecule has 2 rings (SSSR count). The molecular formula is C15H13BrF2N2S. The predicted molar refractivity (Wildman–Crippen MR) is 88.6 cm³/mol. The summed E-state index contributed by atoms with van der Waals surface area (Å²) in [4.78, 5) is 0.331. The first-order valence-electron chi connectivity index (χ1n) is 6.24. The number of hydrogen-bond acceptors (Lipinski definition) is 2. The van der Waals surface area contributed by atoms with Crippen molar-refractivity contribution in [1.82, 2.24) is 0 Å². The van der Waals surface area contributed by atoms with Crippen molar-refractivity contribution in [2.75, 3.05) is 11.9 Å². The molecule has 2 nitrogen and oxygen atoms in total. The second kappa shape index (κ2) is 6.95. The van der Waals surface area contributed by atoms with Gasteiger partial charge in [0, 0.05) is 28.3 Å². The maximum atomic E-state index is 13.1. The highest BCUT2D eigenvalue weighted by Crippen LogP contribution is 2.23. The van der Waals surface area contributed by atoms with Gasteiger partial charge in [-0.2, -0.15) is 0 Å². The van der Waals surface area contributed by atoms with Crippen LogP contribution < -0.4 is 11.1 Å². The number of nitrogens with one attached hydrogen (secondary N) is 1. The molecule has 2 aromatic carbocycles. The van der Waals surface area contributed by atoms with Gasteiger partial charge < -0.3 is 11.1 Å². The summed E-state index contributed by atoms with van der Waals surface area (Å²) in [5, 5.41) is 3.19. The van der Waals surface area contributed by atoms with E-state index in [1.54, 1.807) is 0 Å². The minimum Gasteiger partial charge on any atom is -0.389 e. The summed E-state index contributed by atoms with van der Waals surface area (Å²) >= 11 is 8.33. The van der Waals surface area contributed by atoms with Gasteiger partial charge in [0.2, 0.25) is 0 Å². The van der Waals surface area contributed by atoms with Crippen LogP contribution in [0.4, 0.5) is 14.5 Å². The minimum absolute atomic E-state index is 0.331. The molecule has 2 aromatic rings. The van der Waals surface area contributed by atoms with E-state index in [1.165, 1.54) is 12.1 Å². The van der Waals surface area contributed by atoms with Crippen molar-refractivity contribution in [2.24, 2.45) is 5.73 Å². The Bertz CT molecular complexity index is 656. The van der Waals surface area contributed by atoms with Crippen LogP contribution >= 0.6 is 28.1 Å². The van der Waals surface area contributed by atoms with Gasteiger partial charge >= 0.3 is 0 Å². The number of hydrogen-bond donors (Lipinski definition) is 2. The smallest absolute Gasteiger partial charge is 0.126 e. The molecule has 21 heavy (non-hydrogen) atoms. The quantitative estimate of drug-likeness (QED) is 0.780. The third kappa shape index (κ3) is 4.47. The van der Waals surface area contributed by atoms with Crippen molar-refractivity contribution in [3.8, 4) is 0 Å². The van der Waals surface area contributed by atoms with Crippen molar-refractivity contribution in [1.29, 1.82) is 0 Å². The van der Waals surface area contributed by atoms with Crippen LogP contribution in [-0.2, 0) is 6.42 Å². The van der Waals surface area contributed by atoms with Crippen molar-refractivity contribution >= 4 is 38.8 Å². The normalized spacial score (nSPS) is 10.4. The lowest BCUT2D eigenvalue weighted by atomic mass is 10.1. The monoisotopic (exact) mass is 370 g/mol. The van der Waals surface area contributed by atoms with Crippen LogP contribution in [0.3, 0.4) is 0 Å². The van der Waals surface area contributed by atoms with E-state index in [4.69, 9.17) is 18.0 Å². The van der Waals surface area contributed by atoms with Crippen LogP contribution in [0, 0.1) is 11.6 Å². The van der Waals surface area contributed by atoms with Crippen LogP contribution in [-0.4, -0.2) is 11.5 Å². The summed E-state index contributed by atoms with van der Waals surface area (Å²) in [6.45, 7) is 0.550. The molecule has 0 bridgehead atoms. The Morgan fingerprint density at radius 3 is 2.38 bits per heavy atom. The van der Waals surface area contributed by atoms with E-state index in [-0.39, 0.29) is 0 Å². The Balaban J connectivity index is 1.98. The molecule has 110 valence electrons. The van der Waals surface area contributed by atoms with Crippen molar-refractivity contribution in [2.45, 2.75) is 6.42 Å². The molecule has 0 aliphatic heterocycles. The van der Waals surface area contributed by atoms with Crippen LogP contribution in [0.15, 0.2) is 40.9 Å². The molecule has 0 aliphatic rings. The molecule has 0 spiro atoms. The topological polar surface area (TPSA) is 38.0 Å². The number of anilines is 1. The van der Waals surface area contributed by atoms with E-state index in [2.05, 4.69) is 21.2 Å². The molecule has 6 heteroatoms. The summed E-state index contributed by atoms with van der Waals surface area (Å²) in [5.41, 5.74) is 7.80. The van der Waals surface area contributed by atoms with Gasteiger partial charge in [0.05, 0.1) is 0 Å². The van der Waals surface area contributed by atoms with Crippen molar-refractivity contribution < 1.29 is 8.78 Å². The zero-order valence-electron chi connectivity index (χ0n) is 11.0. The second-order valence-corrected chi connectivity index (χ2v) is 5.81. The largest absolute Gasteiger partial charge is 0.389 e. The predicted octanol–water partition coefficient (Wildman–Crippen LogP) is 4.02. The fourth-order valence-electron chi connectivity index (χ4n) is 1.91. The Morgan fingerprint density at radius 2 is 1.81 bits per heavy atom. The summed E-state index contributed by atoms with van der Waals surface area (Å²) in [7, 11) is 0. The van der Waals surface area contributed by atoms with Gasteiger partial charge in [0.15, 0.2) is 0 Å². The van der Waals surface area contributed by atoms with E-state index in [9.17, 15) is 8.78 Å². The molecular weight excluding hydrogens is 358 g/mol. The third-order valence-electron chi connectivity index (χ3n) is 2.91. The Labute approximate surface area is 135 Å². The lowest BCUT2D eigenvalue weighted by molar-refractivity contribution is 0.580. The zero-order valence-corrected chi connectivity index (χ0v) is 13.4. The average Bonchev–Trinajstić information content (AvgIpc) is 2.39. The van der Waals surface area contributed by atoms with Crippen LogP contribution in [0.2, 0.25) is 0 Å². The Kier molecular flexibility index (Phi) is 5.25. The molecule has 0 saturated heterocycles. The maximum absolute atomic E-state index is 13.1. The molecule has 3 N–H and O–H groups in total. The summed E-state index contributed by atoms with van der Waals surface area (Å²) in [6, 6.07) is 9.02. The van der Waals surface area contributed by atoms with E-state index < -0.39 is 11.6 Å². The molecule has 0 heterocycles. The zero-order chi connectivity index (χ0) is 15.4. The molecule has 0 unspecified atom stereocenters.